The van der Waals surface area contributed by atoms with E-state index in [4.69, 9.17) is 4.74 Å². The summed E-state index contributed by atoms with van der Waals surface area (Å²) < 4.78 is 5.92. The van der Waals surface area contributed by atoms with Gasteiger partial charge in [0.05, 0.1) is 6.61 Å². The van der Waals surface area contributed by atoms with Gasteiger partial charge in [0, 0.05) is 17.1 Å². The molecule has 0 radical (unpaired) electrons. The van der Waals surface area contributed by atoms with Crippen molar-refractivity contribution in [2.24, 2.45) is 0 Å². The maximum atomic E-state index is 4.85. The van der Waals surface area contributed by atoms with Crippen LogP contribution in [0.3, 0.4) is 0 Å². The van der Waals surface area contributed by atoms with Gasteiger partial charge in [-0.2, -0.15) is 0 Å². The van der Waals surface area contributed by atoms with Crippen LogP contribution < -0.4 is 0 Å². The molecule has 0 bridgehead atoms. The summed E-state index contributed by atoms with van der Waals surface area (Å²) in [5, 5.41) is 0. The molecule has 0 amide bonds. The van der Waals surface area contributed by atoms with Crippen molar-refractivity contribution in [2.75, 3.05) is 13.7 Å². The lowest BCUT2D eigenvalue weighted by molar-refractivity contribution is 0.234. The van der Waals surface area contributed by atoms with Gasteiger partial charge in [-0.15, -0.1) is 0 Å². The second-order valence-electron chi connectivity index (χ2n) is 2.63. The molecule has 0 unspecified atom stereocenters. The molecular weight excluding hydrogens is 240 g/mol. The van der Waals surface area contributed by atoms with Crippen molar-refractivity contribution >= 4 is 15.9 Å². The van der Waals surface area contributed by atoms with Crippen LogP contribution in [-0.2, 0) is 4.74 Å². The number of allylic oxidation sites excluding steroid dienone is 1. The van der Waals surface area contributed by atoms with E-state index in [1.807, 2.05) is 30.3 Å². The van der Waals surface area contributed by atoms with E-state index in [9.17, 15) is 0 Å². The van der Waals surface area contributed by atoms with Crippen molar-refractivity contribution in [1.29, 1.82) is 0 Å². The van der Waals surface area contributed by atoms with E-state index in [1.165, 1.54) is 0 Å². The molecule has 0 aliphatic heterocycles. The largest absolute Gasteiger partial charge is 0.381 e. The Balaban J connectivity index is 2.55. The predicted molar refractivity (Wildman–Crippen MR) is 62.0 cm³/mol. The third-order valence-corrected chi connectivity index (χ3v) is 2.05. The lowest BCUT2D eigenvalue weighted by Crippen LogP contribution is -1.78. The van der Waals surface area contributed by atoms with Gasteiger partial charge in [0.1, 0.15) is 0 Å². The summed E-state index contributed by atoms with van der Waals surface area (Å²) in [6, 6.07) is 7.90. The van der Waals surface area contributed by atoms with E-state index >= 15 is 0 Å². The Kier molecular flexibility index (Phi) is 5.06. The molecule has 0 aliphatic carbocycles. The molecule has 0 saturated carbocycles. The maximum absolute atomic E-state index is 4.85. The second kappa shape index (κ2) is 6.42. The Morgan fingerprint density at radius 2 is 2.07 bits per heavy atom. The van der Waals surface area contributed by atoms with Crippen molar-refractivity contribution in [2.45, 2.75) is 0 Å². The molecular formula is C12H11BrO. The minimum Gasteiger partial charge on any atom is -0.381 e. The average molecular weight is 251 g/mol. The van der Waals surface area contributed by atoms with Crippen LogP contribution in [0.15, 0.2) is 40.9 Å². The topological polar surface area (TPSA) is 9.23 Å². The minimum absolute atomic E-state index is 0.606. The summed E-state index contributed by atoms with van der Waals surface area (Å²) in [6.07, 6.45) is 3.68. The zero-order chi connectivity index (χ0) is 10.2. The van der Waals surface area contributed by atoms with Gasteiger partial charge < -0.3 is 4.74 Å². The van der Waals surface area contributed by atoms with Crippen LogP contribution in [0.5, 0.6) is 0 Å². The molecule has 14 heavy (non-hydrogen) atoms. The molecule has 1 aromatic carbocycles. The highest BCUT2D eigenvalue weighted by molar-refractivity contribution is 9.10. The Morgan fingerprint density at radius 1 is 1.36 bits per heavy atom. The molecule has 0 fully saturated rings. The summed E-state index contributed by atoms with van der Waals surface area (Å²) in [4.78, 5) is 0. The maximum Gasteiger partial charge on any atom is 0.0652 e. The summed E-state index contributed by atoms with van der Waals surface area (Å²) in [7, 11) is 1.66. The van der Waals surface area contributed by atoms with Crippen molar-refractivity contribution in [3.8, 4) is 11.8 Å². The van der Waals surface area contributed by atoms with Crippen LogP contribution in [0.2, 0.25) is 0 Å². The standard InChI is InChI=1S/C12H11BrO/c1-14-10-4-2-3-5-11-6-8-12(13)9-7-11/h2,4,6-9H,10H2,1H3/b4-2-. The number of ether oxygens (including phenoxy) is 1. The van der Waals surface area contributed by atoms with Gasteiger partial charge in [0.2, 0.25) is 0 Å². The lowest BCUT2D eigenvalue weighted by atomic mass is 10.2. The summed E-state index contributed by atoms with van der Waals surface area (Å²) in [6.45, 7) is 0.606. The monoisotopic (exact) mass is 250 g/mol. The molecule has 2 heteroatoms. The first kappa shape index (κ1) is 11.0. The third-order valence-electron chi connectivity index (χ3n) is 1.52. The van der Waals surface area contributed by atoms with Gasteiger partial charge in [-0.3, -0.25) is 0 Å². The highest BCUT2D eigenvalue weighted by atomic mass is 79.9. The highest BCUT2D eigenvalue weighted by Crippen LogP contribution is 2.09. The molecule has 0 heterocycles. The first-order valence-electron chi connectivity index (χ1n) is 4.24. The summed E-state index contributed by atoms with van der Waals surface area (Å²) in [5.74, 6) is 5.95. The van der Waals surface area contributed by atoms with Gasteiger partial charge in [0.15, 0.2) is 0 Å². The van der Waals surface area contributed by atoms with E-state index < -0.39 is 0 Å². The number of hydrogen-bond acceptors (Lipinski definition) is 1. The molecule has 0 spiro atoms. The van der Waals surface area contributed by atoms with E-state index in [0.717, 1.165) is 10.0 Å². The Labute approximate surface area is 92.9 Å². The smallest absolute Gasteiger partial charge is 0.0652 e. The number of rotatable bonds is 2. The first-order chi connectivity index (χ1) is 6.83. The van der Waals surface area contributed by atoms with Crippen LogP contribution in [0.25, 0.3) is 0 Å². The molecule has 0 atom stereocenters. The van der Waals surface area contributed by atoms with Crippen molar-refractivity contribution in [3.05, 3.63) is 46.5 Å². The Bertz CT molecular complexity index is 354. The van der Waals surface area contributed by atoms with Crippen LogP contribution in [0.4, 0.5) is 0 Å². The van der Waals surface area contributed by atoms with E-state index in [-0.39, 0.29) is 0 Å². The number of methoxy groups -OCH3 is 1. The molecule has 0 saturated heterocycles. The fourth-order valence-electron chi connectivity index (χ4n) is 0.861. The number of benzene rings is 1. The van der Waals surface area contributed by atoms with Crippen molar-refractivity contribution in [3.63, 3.8) is 0 Å². The SMILES string of the molecule is COC/C=C\C#Cc1ccc(Br)cc1. The first-order valence-corrected chi connectivity index (χ1v) is 5.03. The minimum atomic E-state index is 0.606. The van der Waals surface area contributed by atoms with Gasteiger partial charge in [-0.1, -0.05) is 33.8 Å². The van der Waals surface area contributed by atoms with Crippen molar-refractivity contribution < 1.29 is 4.74 Å². The quantitative estimate of drug-likeness (QED) is 0.734. The summed E-state index contributed by atoms with van der Waals surface area (Å²) in [5.41, 5.74) is 1.01. The second-order valence-corrected chi connectivity index (χ2v) is 3.55. The van der Waals surface area contributed by atoms with Gasteiger partial charge in [-0.25, -0.2) is 0 Å². The Hall–Kier alpha value is -1.04. The van der Waals surface area contributed by atoms with E-state index in [1.54, 1.807) is 13.2 Å². The van der Waals surface area contributed by atoms with Gasteiger partial charge in [-0.05, 0) is 30.3 Å². The molecule has 1 nitrogen and oxygen atoms in total. The van der Waals surface area contributed by atoms with Crippen LogP contribution in [0, 0.1) is 11.8 Å². The molecule has 1 rings (SSSR count). The van der Waals surface area contributed by atoms with Gasteiger partial charge in [0.25, 0.3) is 0 Å². The molecule has 0 aliphatic rings. The summed E-state index contributed by atoms with van der Waals surface area (Å²) >= 11 is 3.37. The van der Waals surface area contributed by atoms with Crippen LogP contribution in [-0.4, -0.2) is 13.7 Å². The zero-order valence-electron chi connectivity index (χ0n) is 7.96. The molecule has 0 aromatic heterocycles. The van der Waals surface area contributed by atoms with Crippen molar-refractivity contribution in [1.82, 2.24) is 0 Å². The Morgan fingerprint density at radius 3 is 2.71 bits per heavy atom. The van der Waals surface area contributed by atoms with E-state index in [0.29, 0.717) is 6.61 Å². The molecule has 1 aromatic rings. The fourth-order valence-corrected chi connectivity index (χ4v) is 1.13. The lowest BCUT2D eigenvalue weighted by Gasteiger charge is -1.89. The van der Waals surface area contributed by atoms with Gasteiger partial charge >= 0.3 is 0 Å². The van der Waals surface area contributed by atoms with Crippen LogP contribution in [0.1, 0.15) is 5.56 Å². The van der Waals surface area contributed by atoms with E-state index in [2.05, 4.69) is 27.8 Å². The normalized spacial score (nSPS) is 9.86. The zero-order valence-corrected chi connectivity index (χ0v) is 9.54. The molecule has 72 valence electrons. The fraction of sp³-hybridized carbons (Fsp3) is 0.167. The number of halogens is 1. The predicted octanol–water partition coefficient (Wildman–Crippen LogP) is 3.00. The number of hydrogen-bond donors (Lipinski definition) is 0. The third kappa shape index (κ3) is 4.27. The average Bonchev–Trinajstić information content (AvgIpc) is 2.21. The molecule has 0 N–H and O–H groups in total. The highest BCUT2D eigenvalue weighted by Gasteiger charge is 1.85. The van der Waals surface area contributed by atoms with Crippen LogP contribution >= 0.6 is 15.9 Å².